The fourth-order valence-corrected chi connectivity index (χ4v) is 3.43. The fraction of sp³-hybridized carbons (Fsp3) is 0.312. The molecule has 0 atom stereocenters. The third kappa shape index (κ3) is 2.43. The number of para-hydroxylation sites is 1. The third-order valence-electron chi connectivity index (χ3n) is 3.70. The average Bonchev–Trinajstić information content (AvgIpc) is 3.05. The lowest BCUT2D eigenvalue weighted by Crippen LogP contribution is -2.20. The zero-order valence-corrected chi connectivity index (χ0v) is 13.2. The molecule has 0 bridgehead atoms. The summed E-state index contributed by atoms with van der Waals surface area (Å²) in [6, 6.07) is 8.43. The smallest absolute Gasteiger partial charge is 0.195 e. The number of aryl methyl sites for hydroxylation is 1. The first kappa shape index (κ1) is 14.1. The molecule has 0 aliphatic heterocycles. The molecule has 0 unspecified atom stereocenters. The monoisotopic (exact) mass is 300 g/mol. The van der Waals surface area contributed by atoms with Crippen molar-refractivity contribution >= 4 is 27.8 Å². The van der Waals surface area contributed by atoms with E-state index in [0.717, 1.165) is 23.7 Å². The van der Waals surface area contributed by atoms with Crippen molar-refractivity contribution in [1.82, 2.24) is 9.38 Å². The summed E-state index contributed by atoms with van der Waals surface area (Å²) in [5.41, 5.74) is 9.47. The van der Waals surface area contributed by atoms with Crippen molar-refractivity contribution in [3.63, 3.8) is 0 Å². The van der Waals surface area contributed by atoms with E-state index in [2.05, 4.69) is 59.0 Å². The predicted octanol–water partition coefficient (Wildman–Crippen LogP) is 3.36. The number of nitrogens with zero attached hydrogens (tertiary/aromatic N) is 3. The van der Waals surface area contributed by atoms with Crippen molar-refractivity contribution in [2.24, 2.45) is 5.73 Å². The van der Waals surface area contributed by atoms with Crippen molar-refractivity contribution in [2.45, 2.75) is 20.3 Å². The Hall–Kier alpha value is -1.85. The van der Waals surface area contributed by atoms with E-state index in [9.17, 15) is 0 Å². The van der Waals surface area contributed by atoms with Gasteiger partial charge in [-0.3, -0.25) is 4.40 Å². The summed E-state index contributed by atoms with van der Waals surface area (Å²) in [7, 11) is 0. The number of rotatable bonds is 5. The van der Waals surface area contributed by atoms with Crippen LogP contribution in [0.25, 0.3) is 4.96 Å². The lowest BCUT2D eigenvalue weighted by atomic mass is 10.1. The zero-order valence-electron chi connectivity index (χ0n) is 12.4. The van der Waals surface area contributed by atoms with Crippen LogP contribution in [0.4, 0.5) is 11.5 Å². The summed E-state index contributed by atoms with van der Waals surface area (Å²) in [5, 5.41) is 2.07. The lowest BCUT2D eigenvalue weighted by molar-refractivity contribution is 0.889. The lowest BCUT2D eigenvalue weighted by Gasteiger charge is -2.24. The Balaban J connectivity index is 2.14. The standard InChI is InChI=1S/C16H20N4S/c1-3-19(13-7-5-4-6-12(13)2)15-14(8-9-17)20-10-11-21-16(20)18-15/h4-7,10-11H,3,8-9,17H2,1-2H3. The van der Waals surface area contributed by atoms with Gasteiger partial charge in [0, 0.05) is 30.2 Å². The summed E-state index contributed by atoms with van der Waals surface area (Å²) in [6.07, 6.45) is 2.91. The summed E-state index contributed by atoms with van der Waals surface area (Å²) in [6.45, 7) is 5.81. The maximum absolute atomic E-state index is 5.80. The van der Waals surface area contributed by atoms with Crippen molar-refractivity contribution < 1.29 is 0 Å². The van der Waals surface area contributed by atoms with Crippen LogP contribution in [0, 0.1) is 6.92 Å². The molecule has 21 heavy (non-hydrogen) atoms. The van der Waals surface area contributed by atoms with Crippen molar-refractivity contribution in [3.05, 3.63) is 47.1 Å². The molecule has 0 aliphatic carbocycles. The molecule has 3 aromatic rings. The van der Waals surface area contributed by atoms with Gasteiger partial charge in [-0.25, -0.2) is 4.98 Å². The maximum atomic E-state index is 5.80. The Morgan fingerprint density at radius 3 is 2.86 bits per heavy atom. The van der Waals surface area contributed by atoms with Crippen LogP contribution in [0.3, 0.4) is 0 Å². The fourth-order valence-electron chi connectivity index (χ4n) is 2.71. The van der Waals surface area contributed by atoms with Gasteiger partial charge in [0.05, 0.1) is 5.69 Å². The summed E-state index contributed by atoms with van der Waals surface area (Å²) < 4.78 is 2.16. The molecule has 2 N–H and O–H groups in total. The van der Waals surface area contributed by atoms with Gasteiger partial charge in [0.25, 0.3) is 0 Å². The van der Waals surface area contributed by atoms with Crippen LogP contribution >= 0.6 is 11.3 Å². The SMILES string of the molecule is CCN(c1ccccc1C)c1nc2sccn2c1CCN. The second kappa shape index (κ2) is 5.87. The highest BCUT2D eigenvalue weighted by Gasteiger charge is 2.19. The van der Waals surface area contributed by atoms with Crippen molar-refractivity contribution in [3.8, 4) is 0 Å². The van der Waals surface area contributed by atoms with Crippen molar-refractivity contribution in [2.75, 3.05) is 18.0 Å². The Labute approximate surface area is 128 Å². The molecule has 2 aromatic heterocycles. The van der Waals surface area contributed by atoms with Gasteiger partial charge < -0.3 is 10.6 Å². The van der Waals surface area contributed by atoms with Crippen LogP contribution in [0.15, 0.2) is 35.8 Å². The van der Waals surface area contributed by atoms with Gasteiger partial charge in [0.15, 0.2) is 10.8 Å². The van der Waals surface area contributed by atoms with Gasteiger partial charge >= 0.3 is 0 Å². The minimum absolute atomic E-state index is 0.627. The zero-order chi connectivity index (χ0) is 14.8. The van der Waals surface area contributed by atoms with Crippen LogP contribution in [0.2, 0.25) is 0 Å². The number of hydrogen-bond acceptors (Lipinski definition) is 4. The number of aromatic nitrogens is 2. The van der Waals surface area contributed by atoms with Crippen LogP contribution < -0.4 is 10.6 Å². The van der Waals surface area contributed by atoms with E-state index in [0.29, 0.717) is 6.54 Å². The maximum Gasteiger partial charge on any atom is 0.195 e. The molecule has 110 valence electrons. The molecule has 2 heterocycles. The van der Waals surface area contributed by atoms with Gasteiger partial charge in [0.1, 0.15) is 0 Å². The summed E-state index contributed by atoms with van der Waals surface area (Å²) in [4.78, 5) is 8.14. The Bertz CT molecular complexity index is 744. The normalized spacial score (nSPS) is 11.2. The summed E-state index contributed by atoms with van der Waals surface area (Å²) >= 11 is 1.66. The highest BCUT2D eigenvalue weighted by molar-refractivity contribution is 7.15. The number of fused-ring (bicyclic) bond motifs is 1. The van der Waals surface area contributed by atoms with E-state index in [-0.39, 0.29) is 0 Å². The predicted molar refractivity (Wildman–Crippen MR) is 89.7 cm³/mol. The van der Waals surface area contributed by atoms with Crippen molar-refractivity contribution in [1.29, 1.82) is 0 Å². The minimum atomic E-state index is 0.627. The van der Waals surface area contributed by atoms with E-state index in [1.165, 1.54) is 16.9 Å². The van der Waals surface area contributed by atoms with Crippen LogP contribution in [0.1, 0.15) is 18.2 Å². The molecular weight excluding hydrogens is 280 g/mol. The highest BCUT2D eigenvalue weighted by atomic mass is 32.1. The first-order chi connectivity index (χ1) is 10.3. The molecule has 0 fully saturated rings. The molecule has 1 aromatic carbocycles. The number of imidazole rings is 1. The Morgan fingerprint density at radius 1 is 1.33 bits per heavy atom. The topological polar surface area (TPSA) is 46.6 Å². The molecule has 0 radical (unpaired) electrons. The molecule has 0 amide bonds. The molecule has 3 rings (SSSR count). The first-order valence-electron chi connectivity index (χ1n) is 7.24. The van der Waals surface area contributed by atoms with E-state index >= 15 is 0 Å². The van der Waals surface area contributed by atoms with Gasteiger partial charge in [-0.1, -0.05) is 18.2 Å². The van der Waals surface area contributed by atoms with Gasteiger partial charge in [-0.15, -0.1) is 11.3 Å². The number of nitrogens with two attached hydrogens (primary N) is 1. The molecule has 0 spiro atoms. The van der Waals surface area contributed by atoms with E-state index in [4.69, 9.17) is 10.7 Å². The average molecular weight is 300 g/mol. The first-order valence-corrected chi connectivity index (χ1v) is 8.12. The molecule has 0 saturated carbocycles. The highest BCUT2D eigenvalue weighted by Crippen LogP contribution is 2.32. The number of hydrogen-bond donors (Lipinski definition) is 1. The molecule has 0 aliphatic rings. The van der Waals surface area contributed by atoms with Gasteiger partial charge in [-0.2, -0.15) is 0 Å². The van der Waals surface area contributed by atoms with E-state index in [1.54, 1.807) is 11.3 Å². The largest absolute Gasteiger partial charge is 0.330 e. The third-order valence-corrected chi connectivity index (χ3v) is 4.46. The van der Waals surface area contributed by atoms with Crippen LogP contribution in [0.5, 0.6) is 0 Å². The second-order valence-corrected chi connectivity index (χ2v) is 5.88. The molecule has 5 heteroatoms. The van der Waals surface area contributed by atoms with Gasteiger partial charge in [-0.05, 0) is 32.0 Å². The summed E-state index contributed by atoms with van der Waals surface area (Å²) in [5.74, 6) is 1.03. The van der Waals surface area contributed by atoms with E-state index < -0.39 is 0 Å². The van der Waals surface area contributed by atoms with Crippen LogP contribution in [-0.4, -0.2) is 22.5 Å². The quantitative estimate of drug-likeness (QED) is 0.786. The second-order valence-electron chi connectivity index (χ2n) is 5.01. The Kier molecular flexibility index (Phi) is 3.94. The Morgan fingerprint density at radius 2 is 2.14 bits per heavy atom. The molecule has 0 saturated heterocycles. The van der Waals surface area contributed by atoms with Crippen LogP contribution in [-0.2, 0) is 6.42 Å². The van der Waals surface area contributed by atoms with Gasteiger partial charge in [0.2, 0.25) is 0 Å². The molecular formula is C16H20N4S. The minimum Gasteiger partial charge on any atom is -0.330 e. The van der Waals surface area contributed by atoms with E-state index in [1.807, 2.05) is 0 Å². The number of anilines is 2. The molecule has 4 nitrogen and oxygen atoms in total. The number of benzene rings is 1. The number of thiazole rings is 1.